The van der Waals surface area contributed by atoms with E-state index >= 15 is 0 Å². The Labute approximate surface area is 86.6 Å². The zero-order valence-corrected chi connectivity index (χ0v) is 9.80. The first kappa shape index (κ1) is 11.2. The van der Waals surface area contributed by atoms with Crippen LogP contribution >= 0.6 is 0 Å². The van der Waals surface area contributed by atoms with Gasteiger partial charge in [0.05, 0.1) is 21.2 Å². The molecule has 0 aromatic rings. The van der Waals surface area contributed by atoms with E-state index in [1.165, 1.54) is 0 Å². The predicted octanol–water partition coefficient (Wildman–Crippen LogP) is 2.89. The van der Waals surface area contributed by atoms with E-state index in [0.29, 0.717) is 6.54 Å². The minimum atomic E-state index is -2.20. The van der Waals surface area contributed by atoms with Crippen molar-refractivity contribution in [3.63, 3.8) is 0 Å². The van der Waals surface area contributed by atoms with E-state index in [1.54, 1.807) is 6.08 Å². The van der Waals surface area contributed by atoms with E-state index in [-0.39, 0.29) is 5.25 Å². The first-order valence-electron chi connectivity index (χ1n) is 4.76. The summed E-state index contributed by atoms with van der Waals surface area (Å²) in [7, 11) is -2.20. The molecule has 0 amide bonds. The molecule has 1 unspecified atom stereocenters. The maximum absolute atomic E-state index is 12.4. The molecule has 3 heteroatoms. The number of allylic oxidation sites excluding steroid dienone is 2. The van der Waals surface area contributed by atoms with Gasteiger partial charge in [-0.25, -0.2) is 8.57 Å². The molecule has 0 aliphatic carbocycles. The molecule has 0 spiro atoms. The quantitative estimate of drug-likeness (QED) is 0.705. The van der Waals surface area contributed by atoms with Gasteiger partial charge in [0.1, 0.15) is 0 Å². The Balaban J connectivity index is 3.29. The summed E-state index contributed by atoms with van der Waals surface area (Å²) in [5, 5.41) is 0.0539. The van der Waals surface area contributed by atoms with E-state index < -0.39 is 9.73 Å². The van der Waals surface area contributed by atoms with Crippen LogP contribution in [0.3, 0.4) is 0 Å². The van der Waals surface area contributed by atoms with Crippen molar-refractivity contribution in [2.45, 2.75) is 26.0 Å². The van der Waals surface area contributed by atoms with Gasteiger partial charge >= 0.3 is 0 Å². The Morgan fingerprint density at radius 3 is 2.64 bits per heavy atom. The molecule has 78 valence electrons. The summed E-state index contributed by atoms with van der Waals surface area (Å²) in [5.41, 5.74) is 1.04. The van der Waals surface area contributed by atoms with Gasteiger partial charge in [-0.15, -0.1) is 0 Å². The van der Waals surface area contributed by atoms with Crippen molar-refractivity contribution in [3.05, 3.63) is 35.3 Å². The highest BCUT2D eigenvalue weighted by molar-refractivity contribution is 7.98. The highest BCUT2D eigenvalue weighted by atomic mass is 32.2. The molecule has 0 bridgehead atoms. The molecule has 1 aliphatic rings. The molecule has 0 saturated heterocycles. The molecule has 0 radical (unpaired) electrons. The Kier molecular flexibility index (Phi) is 3.32. The molecule has 0 aromatic carbocycles. The molecule has 2 nitrogen and oxygen atoms in total. The van der Waals surface area contributed by atoms with Gasteiger partial charge in [0, 0.05) is 5.25 Å². The van der Waals surface area contributed by atoms with Crippen LogP contribution in [-0.4, -0.2) is 16.0 Å². The average molecular weight is 211 g/mol. The van der Waals surface area contributed by atoms with E-state index in [0.717, 1.165) is 10.5 Å². The molecule has 0 fully saturated rings. The fourth-order valence-electron chi connectivity index (χ4n) is 1.49. The fraction of sp³-hybridized carbons (Fsp3) is 0.455. The monoisotopic (exact) mass is 211 g/mol. The van der Waals surface area contributed by atoms with Gasteiger partial charge in [0.2, 0.25) is 0 Å². The average Bonchev–Trinajstić information content (AvgIpc) is 2.45. The maximum atomic E-state index is 12.4. The van der Waals surface area contributed by atoms with Crippen molar-refractivity contribution in [2.24, 2.45) is 4.36 Å². The normalized spacial score (nSPS) is 27.4. The Morgan fingerprint density at radius 2 is 2.21 bits per heavy atom. The number of nitrogens with zero attached hydrogens (tertiary/aromatic N) is 1. The van der Waals surface area contributed by atoms with Crippen molar-refractivity contribution in [2.75, 3.05) is 6.54 Å². The van der Waals surface area contributed by atoms with E-state index in [4.69, 9.17) is 0 Å². The van der Waals surface area contributed by atoms with Gasteiger partial charge in [-0.3, -0.25) is 0 Å². The fourth-order valence-corrected chi connectivity index (χ4v) is 3.51. The molecule has 1 heterocycles. The van der Waals surface area contributed by atoms with Gasteiger partial charge in [0.25, 0.3) is 0 Å². The van der Waals surface area contributed by atoms with E-state index in [2.05, 4.69) is 10.9 Å². The topological polar surface area (TPSA) is 29.4 Å². The van der Waals surface area contributed by atoms with E-state index in [9.17, 15) is 4.21 Å². The summed E-state index contributed by atoms with van der Waals surface area (Å²) in [6, 6.07) is 0. The van der Waals surface area contributed by atoms with Crippen molar-refractivity contribution >= 4 is 9.73 Å². The van der Waals surface area contributed by atoms with Crippen molar-refractivity contribution < 1.29 is 4.21 Å². The van der Waals surface area contributed by atoms with Crippen LogP contribution in [0.2, 0.25) is 0 Å². The Morgan fingerprint density at radius 1 is 1.57 bits per heavy atom. The SMILES string of the molecule is C=CC1=C(/C=C\C)CN=S1(=O)C(C)C. The van der Waals surface area contributed by atoms with Crippen molar-refractivity contribution in [3.8, 4) is 0 Å². The minimum absolute atomic E-state index is 0.0539. The van der Waals surface area contributed by atoms with Gasteiger partial charge in [0.15, 0.2) is 0 Å². The zero-order chi connectivity index (χ0) is 10.8. The lowest BCUT2D eigenvalue weighted by Gasteiger charge is -2.10. The number of hydrogen-bond donors (Lipinski definition) is 0. The Bertz CT molecular complexity index is 407. The molecule has 0 N–H and O–H groups in total. The summed E-state index contributed by atoms with van der Waals surface area (Å²) in [6.07, 6.45) is 5.60. The molecular weight excluding hydrogens is 194 g/mol. The molecule has 1 aliphatic heterocycles. The Hall–Kier alpha value is -0.830. The third-order valence-electron chi connectivity index (χ3n) is 2.25. The third kappa shape index (κ3) is 1.69. The van der Waals surface area contributed by atoms with Gasteiger partial charge in [-0.1, -0.05) is 24.8 Å². The molecule has 1 rings (SSSR count). The van der Waals surface area contributed by atoms with E-state index in [1.807, 2.05) is 32.9 Å². The van der Waals surface area contributed by atoms with Gasteiger partial charge in [-0.2, -0.15) is 0 Å². The lowest BCUT2D eigenvalue weighted by Crippen LogP contribution is -2.12. The largest absolute Gasteiger partial charge is 0.244 e. The standard InChI is InChI=1S/C11H17NOS/c1-5-7-10-8-12-14(13,9(3)4)11(10)6-2/h5-7,9H,2,8H2,1,3-4H3/b7-5-. The minimum Gasteiger partial charge on any atom is -0.244 e. The van der Waals surface area contributed by atoms with Crippen LogP contribution < -0.4 is 0 Å². The third-order valence-corrected chi connectivity index (χ3v) is 5.10. The second-order valence-electron chi connectivity index (χ2n) is 3.50. The summed E-state index contributed by atoms with van der Waals surface area (Å²) in [4.78, 5) is 0.825. The summed E-state index contributed by atoms with van der Waals surface area (Å²) in [6.45, 7) is 10.1. The zero-order valence-electron chi connectivity index (χ0n) is 8.99. The highest BCUT2D eigenvalue weighted by Gasteiger charge is 2.25. The predicted molar refractivity (Wildman–Crippen MR) is 62.6 cm³/mol. The lowest BCUT2D eigenvalue weighted by molar-refractivity contribution is 0.675. The van der Waals surface area contributed by atoms with Crippen LogP contribution in [0, 0.1) is 0 Å². The molecular formula is C11H17NOS. The molecule has 14 heavy (non-hydrogen) atoms. The van der Waals surface area contributed by atoms with Gasteiger partial charge in [-0.05, 0) is 26.3 Å². The molecule has 1 atom stereocenters. The highest BCUT2D eigenvalue weighted by Crippen LogP contribution is 2.28. The number of hydrogen-bond acceptors (Lipinski definition) is 2. The van der Waals surface area contributed by atoms with Gasteiger partial charge < -0.3 is 0 Å². The van der Waals surface area contributed by atoms with Crippen molar-refractivity contribution in [1.82, 2.24) is 0 Å². The van der Waals surface area contributed by atoms with Crippen LogP contribution in [0.25, 0.3) is 0 Å². The summed E-state index contributed by atoms with van der Waals surface area (Å²) >= 11 is 0. The maximum Gasteiger partial charge on any atom is 0.0782 e. The molecule has 0 aromatic heterocycles. The van der Waals surface area contributed by atoms with Crippen LogP contribution in [-0.2, 0) is 9.73 Å². The summed E-state index contributed by atoms with van der Waals surface area (Å²) in [5.74, 6) is 0. The number of rotatable bonds is 3. The van der Waals surface area contributed by atoms with Crippen LogP contribution in [0.4, 0.5) is 0 Å². The smallest absolute Gasteiger partial charge is 0.0782 e. The second kappa shape index (κ2) is 4.13. The molecule has 0 saturated carbocycles. The summed E-state index contributed by atoms with van der Waals surface area (Å²) < 4.78 is 16.7. The lowest BCUT2D eigenvalue weighted by atomic mass is 10.2. The second-order valence-corrected chi connectivity index (χ2v) is 6.28. The van der Waals surface area contributed by atoms with Crippen molar-refractivity contribution in [1.29, 1.82) is 0 Å². The van der Waals surface area contributed by atoms with Crippen LogP contribution in [0.5, 0.6) is 0 Å². The van der Waals surface area contributed by atoms with Crippen LogP contribution in [0.15, 0.2) is 39.6 Å². The first-order valence-corrected chi connectivity index (χ1v) is 6.34. The first-order chi connectivity index (χ1) is 6.56. The van der Waals surface area contributed by atoms with Crippen LogP contribution in [0.1, 0.15) is 20.8 Å².